The predicted molar refractivity (Wildman–Crippen MR) is 75.3 cm³/mol. The highest BCUT2D eigenvalue weighted by Gasteiger charge is 2.42. The first-order chi connectivity index (χ1) is 10.2. The van der Waals surface area contributed by atoms with Crippen molar-refractivity contribution in [2.24, 2.45) is 0 Å². The fourth-order valence-electron chi connectivity index (χ4n) is 2.42. The van der Waals surface area contributed by atoms with Crippen LogP contribution in [-0.4, -0.2) is 32.1 Å². The number of benzene rings is 1. The molecule has 1 fully saturated rings. The van der Waals surface area contributed by atoms with Crippen LogP contribution in [0.5, 0.6) is 0 Å². The van der Waals surface area contributed by atoms with Gasteiger partial charge in [-0.3, -0.25) is 0 Å². The monoisotopic (exact) mass is 289 g/mol. The average molecular weight is 289 g/mol. The summed E-state index contributed by atoms with van der Waals surface area (Å²) in [5.41, 5.74) is -0.670. The van der Waals surface area contributed by atoms with Gasteiger partial charge in [0.25, 0.3) is 0 Å². The minimum atomic E-state index is -1.31. The van der Waals surface area contributed by atoms with Crippen molar-refractivity contribution in [1.29, 1.82) is 5.26 Å². The quantitative estimate of drug-likeness (QED) is 0.751. The molecule has 0 N–H and O–H groups in total. The van der Waals surface area contributed by atoms with Crippen LogP contribution in [0.25, 0.3) is 0 Å². The molecule has 1 aliphatic heterocycles. The number of ether oxygens (including phenoxy) is 3. The zero-order chi connectivity index (χ0) is 15.1. The summed E-state index contributed by atoms with van der Waals surface area (Å²) in [7, 11) is 0. The number of nitriles is 1. The van der Waals surface area contributed by atoms with Gasteiger partial charge in [-0.25, -0.2) is 4.79 Å². The smallest absolute Gasteiger partial charge is 0.331 e. The highest BCUT2D eigenvalue weighted by molar-refractivity contribution is 5.86. The first-order valence-corrected chi connectivity index (χ1v) is 7.10. The van der Waals surface area contributed by atoms with E-state index in [0.717, 1.165) is 0 Å². The number of nitrogens with zero attached hydrogens (tertiary/aromatic N) is 1. The molecule has 5 heteroatoms. The van der Waals surface area contributed by atoms with E-state index in [9.17, 15) is 10.1 Å². The number of esters is 1. The van der Waals surface area contributed by atoms with Crippen molar-refractivity contribution in [1.82, 2.24) is 0 Å². The molecule has 0 aliphatic carbocycles. The van der Waals surface area contributed by atoms with E-state index in [1.54, 1.807) is 19.1 Å². The normalized spacial score (nSPS) is 17.9. The Kier molecular flexibility index (Phi) is 5.32. The lowest BCUT2D eigenvalue weighted by Crippen LogP contribution is -2.37. The fourth-order valence-corrected chi connectivity index (χ4v) is 2.42. The highest BCUT2D eigenvalue weighted by atomic mass is 16.7. The molecule has 1 aromatic rings. The third-order valence-corrected chi connectivity index (χ3v) is 3.53. The Morgan fingerprint density at radius 1 is 1.38 bits per heavy atom. The fraction of sp³-hybridized carbons (Fsp3) is 0.500. The zero-order valence-corrected chi connectivity index (χ0v) is 12.1. The molecule has 1 unspecified atom stereocenters. The Morgan fingerprint density at radius 2 is 2.05 bits per heavy atom. The number of carbonyl (C=O) groups excluding carboxylic acids is 1. The molecular weight excluding hydrogens is 270 g/mol. The maximum absolute atomic E-state index is 12.4. The minimum Gasteiger partial charge on any atom is -0.465 e. The molecule has 0 aromatic heterocycles. The van der Waals surface area contributed by atoms with Crippen molar-refractivity contribution in [3.05, 3.63) is 35.9 Å². The third kappa shape index (κ3) is 3.41. The van der Waals surface area contributed by atoms with Gasteiger partial charge in [0.2, 0.25) is 0 Å². The Hall–Kier alpha value is -1.90. The highest BCUT2D eigenvalue weighted by Crippen LogP contribution is 2.32. The van der Waals surface area contributed by atoms with Crippen LogP contribution in [0.3, 0.4) is 0 Å². The van der Waals surface area contributed by atoms with Crippen LogP contribution in [0.1, 0.15) is 25.3 Å². The van der Waals surface area contributed by atoms with E-state index in [1.807, 2.05) is 18.2 Å². The molecule has 2 rings (SSSR count). The van der Waals surface area contributed by atoms with Crippen LogP contribution in [0.15, 0.2) is 30.3 Å². The van der Waals surface area contributed by atoms with E-state index in [4.69, 9.17) is 14.2 Å². The summed E-state index contributed by atoms with van der Waals surface area (Å²) < 4.78 is 15.9. The van der Waals surface area contributed by atoms with Crippen molar-refractivity contribution in [2.75, 3.05) is 19.8 Å². The second-order valence-electron chi connectivity index (χ2n) is 4.81. The van der Waals surface area contributed by atoms with Gasteiger partial charge >= 0.3 is 5.97 Å². The number of hydrogen-bond donors (Lipinski definition) is 0. The maximum atomic E-state index is 12.4. The molecule has 0 bridgehead atoms. The van der Waals surface area contributed by atoms with Gasteiger partial charge in [-0.1, -0.05) is 30.3 Å². The van der Waals surface area contributed by atoms with E-state index < -0.39 is 11.4 Å². The van der Waals surface area contributed by atoms with Crippen molar-refractivity contribution >= 4 is 5.97 Å². The van der Waals surface area contributed by atoms with Crippen molar-refractivity contribution < 1.29 is 19.0 Å². The molecule has 1 heterocycles. The second kappa shape index (κ2) is 7.21. The second-order valence-corrected chi connectivity index (χ2v) is 4.81. The summed E-state index contributed by atoms with van der Waals surface area (Å²) >= 11 is 0. The molecule has 112 valence electrons. The summed E-state index contributed by atoms with van der Waals surface area (Å²) in [6.45, 7) is 3.07. The molecule has 0 radical (unpaired) electrons. The van der Waals surface area contributed by atoms with Crippen LogP contribution in [0.2, 0.25) is 0 Å². The molecule has 1 saturated heterocycles. The molecule has 5 nitrogen and oxygen atoms in total. The Bertz CT molecular complexity index is 505. The van der Waals surface area contributed by atoms with Crippen LogP contribution in [-0.2, 0) is 24.4 Å². The van der Waals surface area contributed by atoms with Crippen molar-refractivity contribution in [3.8, 4) is 6.07 Å². The third-order valence-electron chi connectivity index (χ3n) is 3.53. The average Bonchev–Trinajstić information content (AvgIpc) is 3.03. The van der Waals surface area contributed by atoms with Gasteiger partial charge in [0.15, 0.2) is 11.7 Å². The molecular formula is C16H19NO4. The van der Waals surface area contributed by atoms with Crippen LogP contribution >= 0.6 is 0 Å². The number of carbonyl (C=O) groups is 1. The summed E-state index contributed by atoms with van der Waals surface area (Å²) in [5.74, 6) is -0.517. The van der Waals surface area contributed by atoms with Crippen LogP contribution in [0.4, 0.5) is 0 Å². The molecule has 0 spiro atoms. The Balaban J connectivity index is 2.23. The van der Waals surface area contributed by atoms with E-state index in [-0.39, 0.29) is 12.9 Å². The van der Waals surface area contributed by atoms with Crippen LogP contribution in [0, 0.1) is 11.3 Å². The number of hydrogen-bond acceptors (Lipinski definition) is 5. The Labute approximate surface area is 124 Å². The standard InChI is InChI=1S/C16H19NO4/c1-2-19-15(18)16(12-17,13-6-4-3-5-7-13)9-8-14-20-10-11-21-14/h3-7,14H,2,8-11H2,1H3. The molecule has 21 heavy (non-hydrogen) atoms. The molecule has 1 atom stereocenters. The van der Waals surface area contributed by atoms with Gasteiger partial charge in [0.1, 0.15) is 0 Å². The zero-order valence-electron chi connectivity index (χ0n) is 12.1. The van der Waals surface area contributed by atoms with Gasteiger partial charge in [0, 0.05) is 6.42 Å². The number of rotatable bonds is 6. The van der Waals surface area contributed by atoms with Crippen LogP contribution < -0.4 is 0 Å². The molecule has 1 aromatic carbocycles. The van der Waals surface area contributed by atoms with Gasteiger partial charge in [0.05, 0.1) is 25.9 Å². The predicted octanol–water partition coefficient (Wildman–Crippen LogP) is 2.16. The maximum Gasteiger partial charge on any atom is 0.331 e. The van der Waals surface area contributed by atoms with Gasteiger partial charge in [-0.2, -0.15) is 5.26 Å². The first-order valence-electron chi connectivity index (χ1n) is 7.10. The lowest BCUT2D eigenvalue weighted by Gasteiger charge is -2.25. The van der Waals surface area contributed by atoms with Crippen molar-refractivity contribution in [2.45, 2.75) is 31.5 Å². The largest absolute Gasteiger partial charge is 0.465 e. The SMILES string of the molecule is CCOC(=O)C(C#N)(CCC1OCCO1)c1ccccc1. The summed E-state index contributed by atoms with van der Waals surface area (Å²) in [6.07, 6.45) is 0.425. The van der Waals surface area contributed by atoms with Gasteiger partial charge in [-0.15, -0.1) is 0 Å². The summed E-state index contributed by atoms with van der Waals surface area (Å²) in [4.78, 5) is 12.4. The molecule has 0 amide bonds. The summed E-state index contributed by atoms with van der Waals surface area (Å²) in [6, 6.07) is 11.2. The molecule has 1 aliphatic rings. The Morgan fingerprint density at radius 3 is 2.62 bits per heavy atom. The van der Waals surface area contributed by atoms with E-state index >= 15 is 0 Å². The summed E-state index contributed by atoms with van der Waals surface area (Å²) in [5, 5.41) is 9.67. The van der Waals surface area contributed by atoms with Gasteiger partial charge in [-0.05, 0) is 18.9 Å². The van der Waals surface area contributed by atoms with Gasteiger partial charge < -0.3 is 14.2 Å². The lowest BCUT2D eigenvalue weighted by atomic mass is 9.78. The first kappa shape index (κ1) is 15.5. The topological polar surface area (TPSA) is 68.6 Å². The van der Waals surface area contributed by atoms with E-state index in [1.165, 1.54) is 0 Å². The molecule has 0 saturated carbocycles. The lowest BCUT2D eigenvalue weighted by molar-refractivity contribution is -0.148. The van der Waals surface area contributed by atoms with Crippen molar-refractivity contribution in [3.63, 3.8) is 0 Å². The van der Waals surface area contributed by atoms with E-state index in [0.29, 0.717) is 31.6 Å². The minimum absolute atomic E-state index is 0.242. The van der Waals surface area contributed by atoms with E-state index in [2.05, 4.69) is 6.07 Å².